The molecule has 0 atom stereocenters. The summed E-state index contributed by atoms with van der Waals surface area (Å²) in [4.78, 5) is 12.6. The van der Waals surface area contributed by atoms with Gasteiger partial charge in [0.15, 0.2) is 17.3 Å². The number of aryl methyl sites for hydroxylation is 1. The van der Waals surface area contributed by atoms with E-state index in [0.29, 0.717) is 107 Å². The van der Waals surface area contributed by atoms with Crippen LogP contribution >= 0.6 is 92.8 Å². The van der Waals surface area contributed by atoms with Crippen LogP contribution in [0.25, 0.3) is 0 Å². The van der Waals surface area contributed by atoms with Gasteiger partial charge in [-0.1, -0.05) is 214 Å². The smallest absolute Gasteiger partial charge is 0.387 e. The first-order valence-electron chi connectivity index (χ1n) is 32.2. The molecule has 21 heteroatoms. The number of rotatable bonds is 21. The van der Waals surface area contributed by atoms with Crippen LogP contribution < -0.4 is 37.9 Å². The standard InChI is InChI=1S/C22H23ClO.C12H16Cl2O2.C12H17ClO2.C11H12Cl2F2O2.C11H14Cl2O.C11H12FNO.CH4/c1-6-22(4,5)18-9-7-8-16(12-18)13-21(24)17-10-11-20(23)19(14-17)15(2)3;1-5-16-9-6-8(15-4)11(13)10(7(2)3)12(9)14;1-5-15-11-7-9(14-4)6-10(8(2)3)12(11)13;1-5(2)8-9(12)6(16-3)4-7(10(8)13)17-11(14)15;1-6(2)9-10(12)7(3)5-8(14-4)11(9)13;1-7(2)9-4-8(6-13)5-10(14-3)11(9)12;/h1,7-12,14-15H,13H2,2-5H3;6-7H,5H2,1-4H3;6-8H,5H2,1-4H3;4-5,11H,1-3H3;5-6H,1-4H3;4-5,7H,1-3H3;1H4. The van der Waals surface area contributed by atoms with Gasteiger partial charge in [0.05, 0.1) is 95.9 Å². The van der Waals surface area contributed by atoms with Gasteiger partial charge in [0.25, 0.3) is 0 Å². The Labute approximate surface area is 639 Å². The Balaban J connectivity index is 0.000000612. The van der Waals surface area contributed by atoms with E-state index in [1.54, 1.807) is 39.5 Å². The predicted molar refractivity (Wildman–Crippen MR) is 417 cm³/mol. The quantitative estimate of drug-likeness (QED) is 0.0509. The number of carbonyl (C=O) groups excluding carboxylic acids is 1. The number of hydrogen-bond acceptors (Lipinski definition) is 10. The zero-order valence-corrected chi connectivity index (χ0v) is 67.1. The van der Waals surface area contributed by atoms with Crippen LogP contribution in [0.1, 0.15) is 220 Å². The molecule has 0 radical (unpaired) electrons. The van der Waals surface area contributed by atoms with Crippen LogP contribution in [0.3, 0.4) is 0 Å². The van der Waals surface area contributed by atoms with E-state index in [1.807, 2.05) is 137 Å². The van der Waals surface area contributed by atoms with Gasteiger partial charge in [-0.15, -0.1) is 6.42 Å². The number of terminal acetylenes is 1. The summed E-state index contributed by atoms with van der Waals surface area (Å²) in [7, 11) is 7.62. The van der Waals surface area contributed by atoms with Crippen molar-refractivity contribution in [2.24, 2.45) is 0 Å². The number of alkyl halides is 2. The van der Waals surface area contributed by atoms with E-state index in [-0.39, 0.29) is 70.4 Å². The summed E-state index contributed by atoms with van der Waals surface area (Å²) in [6.07, 6.45) is 5.97. The van der Waals surface area contributed by atoms with Crippen LogP contribution in [0.5, 0.6) is 46.0 Å². The van der Waals surface area contributed by atoms with Crippen LogP contribution in [0, 0.1) is 36.4 Å². The molecule has 7 aromatic rings. The normalized spacial score (nSPS) is 10.7. The molecule has 7 aromatic carbocycles. The third-order valence-electron chi connectivity index (χ3n) is 15.2. The van der Waals surface area contributed by atoms with Gasteiger partial charge >= 0.3 is 6.61 Å². The molecule has 0 aromatic heterocycles. The second-order valence-electron chi connectivity index (χ2n) is 24.9. The van der Waals surface area contributed by atoms with Crippen molar-refractivity contribution >= 4 is 98.6 Å². The molecule has 0 saturated carbocycles. The number of nitrogens with zero attached hydrogens (tertiary/aromatic N) is 1. The lowest BCUT2D eigenvalue weighted by Crippen LogP contribution is -2.14. The fraction of sp³-hybridized carbons (Fsp3) is 0.425. The molecule has 7 rings (SSSR count). The molecule has 0 aliphatic rings. The molecule has 0 fully saturated rings. The zero-order valence-electron chi connectivity index (χ0n) is 61.1. The number of benzene rings is 7. The SMILES string of the molecule is C.C#CC(C)(C)c1cccc(CC(=O)c2ccc(Cl)c(C(C)C)c2)c1.CCOc1cc(OC)c(Cl)c(C(C)C)c1Cl.CCOc1cc(OC)cc(C(C)C)c1Cl.COc1cc(C#N)cc(C(C)C)c1F.COc1cc(C)c(Cl)c(C(C)C)c1Cl.COc1cc(OC(F)F)c(Cl)c(C(C)C)c1Cl. The molecule has 0 spiro atoms. The minimum atomic E-state index is -2.95. The van der Waals surface area contributed by atoms with E-state index < -0.39 is 6.61 Å². The Kier molecular flexibility index (Phi) is 40.8. The highest BCUT2D eigenvalue weighted by atomic mass is 35.5. The predicted octanol–water partition coefficient (Wildman–Crippen LogP) is 26.8. The number of methoxy groups -OCH3 is 5. The van der Waals surface area contributed by atoms with Gasteiger partial charge in [-0.25, -0.2) is 4.39 Å². The van der Waals surface area contributed by atoms with Gasteiger partial charge in [-0.05, 0) is 157 Å². The Bertz CT molecular complexity index is 3920. The molecular weight excluding hydrogens is 1460 g/mol. The lowest BCUT2D eigenvalue weighted by Gasteiger charge is -2.18. The maximum absolute atomic E-state index is 13.6. The van der Waals surface area contributed by atoms with Crippen molar-refractivity contribution in [1.29, 1.82) is 5.26 Å². The summed E-state index contributed by atoms with van der Waals surface area (Å²) < 4.78 is 78.7. The average molecular weight is 1560 g/mol. The summed E-state index contributed by atoms with van der Waals surface area (Å²) in [5.74, 6) is 7.31. The second-order valence-corrected chi connectivity index (χ2v) is 27.9. The van der Waals surface area contributed by atoms with Crippen molar-refractivity contribution in [3.05, 3.63) is 192 Å². The topological polar surface area (TPSA) is 115 Å². The molecule has 554 valence electrons. The van der Waals surface area contributed by atoms with E-state index in [0.717, 1.165) is 49.7 Å². The summed E-state index contributed by atoms with van der Waals surface area (Å²) in [6, 6.07) is 27.0. The van der Waals surface area contributed by atoms with E-state index >= 15 is 0 Å². The molecular formula is C80H98Cl8F3NO9. The van der Waals surface area contributed by atoms with E-state index in [2.05, 4.69) is 52.2 Å². The minimum Gasteiger partial charge on any atom is -0.497 e. The molecule has 10 nitrogen and oxygen atoms in total. The first-order chi connectivity index (χ1) is 46.8. The molecule has 0 bridgehead atoms. The molecule has 0 aliphatic heterocycles. The van der Waals surface area contributed by atoms with Crippen LogP contribution in [-0.2, 0) is 11.8 Å². The third-order valence-corrected chi connectivity index (χ3v) is 18.4. The monoisotopic (exact) mass is 1550 g/mol. The minimum absolute atomic E-state index is 0. The number of hydrogen-bond donors (Lipinski definition) is 0. The van der Waals surface area contributed by atoms with Crippen molar-refractivity contribution < 1.29 is 55.9 Å². The average Bonchev–Trinajstić information content (AvgIpc) is 0.817. The fourth-order valence-electron chi connectivity index (χ4n) is 9.63. The molecule has 0 amide bonds. The Hall–Kier alpha value is -6.23. The van der Waals surface area contributed by atoms with Gasteiger partial charge in [-0.3, -0.25) is 4.79 Å². The molecule has 0 unspecified atom stereocenters. The summed E-state index contributed by atoms with van der Waals surface area (Å²) in [6.45, 7) is 32.0. The number of ketones is 1. The number of carbonyl (C=O) groups is 1. The van der Waals surface area contributed by atoms with Crippen LogP contribution in [0.15, 0.2) is 84.9 Å². The lowest BCUT2D eigenvalue weighted by atomic mass is 9.84. The van der Waals surface area contributed by atoms with Gasteiger partial charge < -0.3 is 37.9 Å². The van der Waals surface area contributed by atoms with E-state index in [1.165, 1.54) is 26.4 Å². The highest BCUT2D eigenvalue weighted by Crippen LogP contribution is 2.46. The maximum Gasteiger partial charge on any atom is 0.387 e. The molecule has 101 heavy (non-hydrogen) atoms. The highest BCUT2D eigenvalue weighted by molar-refractivity contribution is 6.39. The Morgan fingerprint density at radius 3 is 1.39 bits per heavy atom. The van der Waals surface area contributed by atoms with Gasteiger partial charge in [-0.2, -0.15) is 14.0 Å². The second kappa shape index (κ2) is 44.4. The van der Waals surface area contributed by atoms with Crippen LogP contribution in [0.4, 0.5) is 13.2 Å². The van der Waals surface area contributed by atoms with Gasteiger partial charge in [0, 0.05) is 46.3 Å². The van der Waals surface area contributed by atoms with Crippen LogP contribution in [0.2, 0.25) is 40.2 Å². The van der Waals surface area contributed by atoms with Gasteiger partial charge in [0.2, 0.25) is 0 Å². The van der Waals surface area contributed by atoms with Crippen molar-refractivity contribution in [3.63, 3.8) is 0 Å². The first kappa shape index (κ1) is 92.8. The lowest BCUT2D eigenvalue weighted by molar-refractivity contribution is -0.0499. The fourth-order valence-corrected chi connectivity index (χ4v) is 13.0. The van der Waals surface area contributed by atoms with Gasteiger partial charge in [0.1, 0.15) is 40.2 Å². The summed E-state index contributed by atoms with van der Waals surface area (Å²) >= 11 is 49.3. The zero-order chi connectivity index (χ0) is 76.4. The number of ether oxygens (including phenoxy) is 8. The van der Waals surface area contributed by atoms with Crippen molar-refractivity contribution in [3.8, 4) is 64.4 Å². The third kappa shape index (κ3) is 26.8. The summed E-state index contributed by atoms with van der Waals surface area (Å²) in [5.41, 5.74) is 8.73. The molecule has 0 N–H and O–H groups in total. The van der Waals surface area contributed by atoms with Crippen LogP contribution in [-0.4, -0.2) is 61.2 Å². The maximum atomic E-state index is 13.6. The Morgan fingerprint density at radius 2 is 0.960 bits per heavy atom. The van der Waals surface area contributed by atoms with Crippen molar-refractivity contribution in [1.82, 2.24) is 0 Å². The van der Waals surface area contributed by atoms with E-state index in [9.17, 15) is 18.0 Å². The van der Waals surface area contributed by atoms with Crippen molar-refractivity contribution in [2.45, 2.75) is 179 Å². The number of nitriles is 1. The Morgan fingerprint density at radius 1 is 0.515 bits per heavy atom. The summed E-state index contributed by atoms with van der Waals surface area (Å²) in [5, 5.41) is 13.0. The van der Waals surface area contributed by atoms with Crippen molar-refractivity contribution in [2.75, 3.05) is 48.8 Å². The largest absolute Gasteiger partial charge is 0.497 e. The number of Topliss-reactive ketones (excluding diaryl/α,β-unsaturated/α-hetero) is 1. The first-order valence-corrected chi connectivity index (χ1v) is 35.2. The molecule has 0 heterocycles. The van der Waals surface area contributed by atoms with E-state index in [4.69, 9.17) is 138 Å². The molecule has 0 saturated heterocycles. The highest BCUT2D eigenvalue weighted by Gasteiger charge is 2.24. The molecule has 0 aliphatic carbocycles. The number of halogens is 11.